The molecule has 0 bridgehead atoms. The van der Waals surface area contributed by atoms with Crippen LogP contribution in [0.2, 0.25) is 0 Å². The van der Waals surface area contributed by atoms with Crippen LogP contribution in [0.3, 0.4) is 0 Å². The quantitative estimate of drug-likeness (QED) is 0.776. The molecule has 114 valence electrons. The second-order valence-corrected chi connectivity index (χ2v) is 5.11. The van der Waals surface area contributed by atoms with Crippen LogP contribution in [0.1, 0.15) is 40.0 Å². The molecule has 0 saturated carbocycles. The van der Waals surface area contributed by atoms with Gasteiger partial charge in [0.1, 0.15) is 6.04 Å². The van der Waals surface area contributed by atoms with Crippen LogP contribution >= 0.6 is 0 Å². The Kier molecular flexibility index (Phi) is 3.23. The van der Waals surface area contributed by atoms with Gasteiger partial charge < -0.3 is 0 Å². The van der Waals surface area contributed by atoms with Gasteiger partial charge in [0.2, 0.25) is 11.8 Å². The lowest BCUT2D eigenvalue weighted by molar-refractivity contribution is -0.131. The van der Waals surface area contributed by atoms with Crippen molar-refractivity contribution in [1.82, 2.24) is 10.2 Å². The van der Waals surface area contributed by atoms with Gasteiger partial charge in [-0.05, 0) is 25.0 Å². The largest absolute Gasteiger partial charge is 0.295 e. The number of halogens is 2. The van der Waals surface area contributed by atoms with Crippen molar-refractivity contribution in [3.05, 3.63) is 34.9 Å². The molecule has 1 N–H and O–H groups in total. The van der Waals surface area contributed by atoms with E-state index in [0.29, 0.717) is 23.5 Å². The molecule has 1 unspecified atom stereocenters. The van der Waals surface area contributed by atoms with Gasteiger partial charge in [0.25, 0.3) is 11.8 Å². The maximum Gasteiger partial charge on any atom is 0.262 e. The molecule has 3 rings (SSSR count). The molecule has 0 aliphatic carbocycles. The fourth-order valence-electron chi connectivity index (χ4n) is 2.65. The van der Waals surface area contributed by atoms with E-state index in [0.717, 1.165) is 0 Å². The number of hydrogen-bond donors (Lipinski definition) is 1. The van der Waals surface area contributed by atoms with Crippen LogP contribution in [0.4, 0.5) is 8.78 Å². The summed E-state index contributed by atoms with van der Waals surface area (Å²) in [5, 5.41) is 2.09. The molecule has 6 nitrogen and oxygen atoms in total. The molecule has 2 aliphatic rings. The molecule has 8 heteroatoms. The summed E-state index contributed by atoms with van der Waals surface area (Å²) in [4.78, 5) is 48.5. The van der Waals surface area contributed by atoms with Crippen molar-refractivity contribution in [2.24, 2.45) is 0 Å². The van der Waals surface area contributed by atoms with Crippen LogP contribution in [-0.4, -0.2) is 34.6 Å². The highest BCUT2D eigenvalue weighted by atomic mass is 19.2. The maximum absolute atomic E-state index is 13.3. The van der Waals surface area contributed by atoms with E-state index in [-0.39, 0.29) is 24.0 Å². The summed E-state index contributed by atoms with van der Waals surface area (Å²) in [5.74, 6) is -5.48. The molecule has 0 radical (unpaired) electrons. The first-order valence-corrected chi connectivity index (χ1v) is 6.61. The number of fused-ring (bicyclic) bond motifs is 1. The van der Waals surface area contributed by atoms with Crippen LogP contribution in [0.15, 0.2) is 12.1 Å². The Morgan fingerprint density at radius 3 is 2.09 bits per heavy atom. The average molecular weight is 308 g/mol. The number of amides is 4. The summed E-state index contributed by atoms with van der Waals surface area (Å²) in [6, 6.07) is 0.125. The van der Waals surface area contributed by atoms with Gasteiger partial charge >= 0.3 is 0 Å². The van der Waals surface area contributed by atoms with Crippen molar-refractivity contribution in [3.8, 4) is 0 Å². The number of imide groups is 2. The Balaban J connectivity index is 2.00. The number of nitrogens with one attached hydrogen (secondary N) is 1. The summed E-state index contributed by atoms with van der Waals surface area (Å²) in [6.45, 7) is 0. The van der Waals surface area contributed by atoms with E-state index in [1.807, 2.05) is 0 Å². The van der Waals surface area contributed by atoms with Gasteiger partial charge in [0, 0.05) is 6.42 Å². The Hall–Kier alpha value is -2.64. The number of carbonyl (C=O) groups is 4. The Labute approximate surface area is 123 Å². The van der Waals surface area contributed by atoms with Gasteiger partial charge in [0.15, 0.2) is 11.6 Å². The first-order chi connectivity index (χ1) is 10.4. The first-order valence-electron chi connectivity index (χ1n) is 6.61. The Morgan fingerprint density at radius 1 is 1.00 bits per heavy atom. The second kappa shape index (κ2) is 4.97. The fraction of sp³-hybridized carbons (Fsp3) is 0.286. The SMILES string of the molecule is O=C1CCCC(N2C(=O)c3cc(F)c(F)cc3C2=O)C(=O)N1. The summed E-state index contributed by atoms with van der Waals surface area (Å²) in [5.41, 5.74) is -0.570. The highest BCUT2D eigenvalue weighted by Crippen LogP contribution is 2.29. The van der Waals surface area contributed by atoms with Crippen LogP contribution in [0.5, 0.6) is 0 Å². The molecular formula is C14H10F2N2O4. The molecule has 1 fully saturated rings. The topological polar surface area (TPSA) is 83.6 Å². The van der Waals surface area contributed by atoms with Gasteiger partial charge in [-0.3, -0.25) is 29.4 Å². The average Bonchev–Trinajstić information content (AvgIpc) is 2.59. The normalized spacial score (nSPS) is 21.7. The van der Waals surface area contributed by atoms with E-state index in [4.69, 9.17) is 0 Å². The molecule has 1 aromatic carbocycles. The minimum atomic E-state index is -1.25. The molecular weight excluding hydrogens is 298 g/mol. The fourth-order valence-corrected chi connectivity index (χ4v) is 2.65. The minimum absolute atomic E-state index is 0.106. The van der Waals surface area contributed by atoms with Crippen LogP contribution < -0.4 is 5.32 Å². The van der Waals surface area contributed by atoms with Gasteiger partial charge in [-0.1, -0.05) is 0 Å². The lowest BCUT2D eigenvalue weighted by atomic mass is 10.1. The summed E-state index contributed by atoms with van der Waals surface area (Å²) < 4.78 is 26.5. The highest BCUT2D eigenvalue weighted by Gasteiger charge is 2.44. The van der Waals surface area contributed by atoms with E-state index in [9.17, 15) is 28.0 Å². The van der Waals surface area contributed by atoms with Crippen molar-refractivity contribution >= 4 is 23.6 Å². The number of nitrogens with zero attached hydrogens (tertiary/aromatic N) is 1. The number of benzene rings is 1. The van der Waals surface area contributed by atoms with E-state index >= 15 is 0 Å². The maximum atomic E-state index is 13.3. The second-order valence-electron chi connectivity index (χ2n) is 5.11. The molecule has 1 aromatic rings. The van der Waals surface area contributed by atoms with Crippen LogP contribution in [0.25, 0.3) is 0 Å². The van der Waals surface area contributed by atoms with Crippen molar-refractivity contribution in [2.75, 3.05) is 0 Å². The molecule has 1 saturated heterocycles. The monoisotopic (exact) mass is 308 g/mol. The zero-order chi connectivity index (χ0) is 16.0. The van der Waals surface area contributed by atoms with Crippen molar-refractivity contribution < 1.29 is 28.0 Å². The van der Waals surface area contributed by atoms with Crippen molar-refractivity contribution in [1.29, 1.82) is 0 Å². The van der Waals surface area contributed by atoms with Crippen LogP contribution in [0, 0.1) is 11.6 Å². The molecule has 22 heavy (non-hydrogen) atoms. The lowest BCUT2D eigenvalue weighted by Crippen LogP contribution is -2.49. The van der Waals surface area contributed by atoms with Gasteiger partial charge in [-0.2, -0.15) is 0 Å². The third-order valence-electron chi connectivity index (χ3n) is 3.72. The predicted octanol–water partition coefficient (Wildman–Crippen LogP) is 0.756. The molecule has 0 aromatic heterocycles. The molecule has 4 amide bonds. The number of hydrogen-bond acceptors (Lipinski definition) is 4. The standard InChI is InChI=1S/C14H10F2N2O4/c15-8-4-6-7(5-9(8)16)14(22)18(13(6)21)10-2-1-3-11(19)17-12(10)20/h4-5,10H,1-3H2,(H,17,19,20). The molecule has 0 spiro atoms. The zero-order valence-corrected chi connectivity index (χ0v) is 11.2. The lowest BCUT2D eigenvalue weighted by Gasteiger charge is -2.22. The van der Waals surface area contributed by atoms with Crippen LogP contribution in [-0.2, 0) is 9.59 Å². The third-order valence-corrected chi connectivity index (χ3v) is 3.72. The zero-order valence-electron chi connectivity index (χ0n) is 11.2. The van der Waals surface area contributed by atoms with Gasteiger partial charge in [-0.15, -0.1) is 0 Å². The van der Waals surface area contributed by atoms with E-state index in [1.54, 1.807) is 0 Å². The highest BCUT2D eigenvalue weighted by molar-refractivity contribution is 6.23. The van der Waals surface area contributed by atoms with Gasteiger partial charge in [0.05, 0.1) is 11.1 Å². The van der Waals surface area contributed by atoms with Gasteiger partial charge in [-0.25, -0.2) is 8.78 Å². The summed E-state index contributed by atoms with van der Waals surface area (Å²) in [7, 11) is 0. The van der Waals surface area contributed by atoms with Crippen molar-refractivity contribution in [3.63, 3.8) is 0 Å². The summed E-state index contributed by atoms with van der Waals surface area (Å²) >= 11 is 0. The smallest absolute Gasteiger partial charge is 0.262 e. The first kappa shape index (κ1) is 14.3. The summed E-state index contributed by atoms with van der Waals surface area (Å²) in [6.07, 6.45) is 0.543. The van der Waals surface area contributed by atoms with E-state index in [1.165, 1.54) is 0 Å². The molecule has 2 aliphatic heterocycles. The number of carbonyl (C=O) groups excluding carboxylic acids is 4. The molecule has 1 atom stereocenters. The number of rotatable bonds is 1. The Morgan fingerprint density at radius 2 is 1.55 bits per heavy atom. The van der Waals surface area contributed by atoms with Crippen molar-refractivity contribution in [2.45, 2.75) is 25.3 Å². The third kappa shape index (κ3) is 2.07. The minimum Gasteiger partial charge on any atom is -0.295 e. The van der Waals surface area contributed by atoms with E-state index < -0.39 is 41.3 Å². The van der Waals surface area contributed by atoms with E-state index in [2.05, 4.69) is 5.32 Å². The molecule has 2 heterocycles. The Bertz CT molecular complexity index is 691. The predicted molar refractivity (Wildman–Crippen MR) is 67.6 cm³/mol.